The van der Waals surface area contributed by atoms with Gasteiger partial charge < -0.3 is 5.32 Å². The van der Waals surface area contributed by atoms with E-state index < -0.39 is 0 Å². The third kappa shape index (κ3) is 5.45. The highest BCUT2D eigenvalue weighted by molar-refractivity contribution is 5.85. The third-order valence-electron chi connectivity index (χ3n) is 4.39. The van der Waals surface area contributed by atoms with Gasteiger partial charge in [-0.05, 0) is 28.7 Å². The molecule has 0 bridgehead atoms. The second-order valence-electron chi connectivity index (χ2n) is 6.20. The van der Waals surface area contributed by atoms with Crippen LogP contribution in [0.5, 0.6) is 0 Å². The fraction of sp³-hybridized carbons (Fsp3) is 0.217. The first-order chi connectivity index (χ1) is 11.9. The molecule has 2 heteroatoms. The van der Waals surface area contributed by atoms with Crippen LogP contribution in [0.1, 0.15) is 36.9 Å². The summed E-state index contributed by atoms with van der Waals surface area (Å²) in [5, 5.41) is 3.71. The Labute approximate surface area is 157 Å². The molecule has 0 spiro atoms. The predicted molar refractivity (Wildman–Crippen MR) is 110 cm³/mol. The van der Waals surface area contributed by atoms with Crippen LogP contribution in [-0.2, 0) is 6.54 Å². The summed E-state index contributed by atoms with van der Waals surface area (Å²) in [6.07, 6.45) is 2.34. The van der Waals surface area contributed by atoms with E-state index in [1.165, 1.54) is 28.7 Å². The molecule has 0 fully saturated rings. The summed E-state index contributed by atoms with van der Waals surface area (Å²) in [7, 11) is 0. The van der Waals surface area contributed by atoms with Crippen molar-refractivity contribution < 1.29 is 0 Å². The molecule has 0 aliphatic heterocycles. The van der Waals surface area contributed by atoms with Crippen molar-refractivity contribution in [2.24, 2.45) is 0 Å². The highest BCUT2D eigenvalue weighted by Crippen LogP contribution is 2.21. The van der Waals surface area contributed by atoms with Crippen LogP contribution < -0.4 is 5.32 Å². The molecule has 0 heterocycles. The number of hydrogen-bond donors (Lipinski definition) is 1. The van der Waals surface area contributed by atoms with Crippen molar-refractivity contribution in [1.82, 2.24) is 5.32 Å². The lowest BCUT2D eigenvalue weighted by Gasteiger charge is -2.19. The van der Waals surface area contributed by atoms with E-state index in [-0.39, 0.29) is 12.4 Å². The molecule has 130 valence electrons. The molecule has 25 heavy (non-hydrogen) atoms. The zero-order valence-corrected chi connectivity index (χ0v) is 15.5. The van der Waals surface area contributed by atoms with Crippen LogP contribution in [-0.4, -0.2) is 0 Å². The van der Waals surface area contributed by atoms with Crippen LogP contribution in [0, 0.1) is 0 Å². The lowest BCUT2D eigenvalue weighted by Crippen LogP contribution is -2.20. The van der Waals surface area contributed by atoms with E-state index in [9.17, 15) is 0 Å². The maximum Gasteiger partial charge on any atom is 0.0323 e. The molecule has 1 unspecified atom stereocenters. The van der Waals surface area contributed by atoms with Gasteiger partial charge in [0.05, 0.1) is 0 Å². The van der Waals surface area contributed by atoms with E-state index in [1.54, 1.807) is 0 Å². The van der Waals surface area contributed by atoms with Gasteiger partial charge in [-0.1, -0.05) is 98.3 Å². The van der Waals surface area contributed by atoms with Gasteiger partial charge in [-0.2, -0.15) is 0 Å². The first-order valence-corrected chi connectivity index (χ1v) is 8.79. The van der Waals surface area contributed by atoms with Crippen molar-refractivity contribution in [3.63, 3.8) is 0 Å². The molecule has 3 aromatic carbocycles. The van der Waals surface area contributed by atoms with Crippen molar-refractivity contribution in [3.05, 3.63) is 96.1 Å². The number of nitrogens with one attached hydrogen (secondary N) is 1. The number of hydrogen-bond acceptors (Lipinski definition) is 1. The zero-order chi connectivity index (χ0) is 16.6. The van der Waals surface area contributed by atoms with Crippen LogP contribution >= 0.6 is 12.4 Å². The molecule has 0 radical (unpaired) electrons. The minimum atomic E-state index is 0. The van der Waals surface area contributed by atoms with Gasteiger partial charge in [-0.25, -0.2) is 0 Å². The molecule has 0 aliphatic rings. The molecule has 1 N–H and O–H groups in total. The van der Waals surface area contributed by atoms with Gasteiger partial charge in [0.25, 0.3) is 0 Å². The molecule has 3 rings (SSSR count). The summed E-state index contributed by atoms with van der Waals surface area (Å²) in [6.45, 7) is 3.14. The summed E-state index contributed by atoms with van der Waals surface area (Å²) in [5.74, 6) is 0. The van der Waals surface area contributed by atoms with Gasteiger partial charge in [0.2, 0.25) is 0 Å². The van der Waals surface area contributed by atoms with Crippen molar-refractivity contribution in [2.45, 2.75) is 32.4 Å². The van der Waals surface area contributed by atoms with Crippen molar-refractivity contribution in [3.8, 4) is 11.1 Å². The molecule has 0 saturated heterocycles. The second kappa shape index (κ2) is 10.0. The maximum atomic E-state index is 3.71. The lowest BCUT2D eigenvalue weighted by atomic mass is 10.0. The number of halogens is 1. The van der Waals surface area contributed by atoms with E-state index >= 15 is 0 Å². The Kier molecular flexibility index (Phi) is 7.72. The van der Waals surface area contributed by atoms with Gasteiger partial charge in [0.1, 0.15) is 0 Å². The first kappa shape index (κ1) is 19.2. The summed E-state index contributed by atoms with van der Waals surface area (Å²) < 4.78 is 0. The molecule has 0 aliphatic carbocycles. The van der Waals surface area contributed by atoms with E-state index in [0.717, 1.165) is 13.0 Å². The fourth-order valence-corrected chi connectivity index (χ4v) is 3.05. The van der Waals surface area contributed by atoms with Gasteiger partial charge in [-0.3, -0.25) is 0 Å². The third-order valence-corrected chi connectivity index (χ3v) is 4.39. The average molecular weight is 352 g/mol. The minimum absolute atomic E-state index is 0. The van der Waals surface area contributed by atoms with Crippen LogP contribution in [0.4, 0.5) is 0 Å². The van der Waals surface area contributed by atoms with E-state index in [0.29, 0.717) is 6.04 Å². The average Bonchev–Trinajstić information content (AvgIpc) is 2.67. The fourth-order valence-electron chi connectivity index (χ4n) is 3.05. The largest absolute Gasteiger partial charge is 0.306 e. The summed E-state index contributed by atoms with van der Waals surface area (Å²) in [6, 6.07) is 30.6. The molecular formula is C23H26ClN. The molecule has 0 aromatic heterocycles. The quantitative estimate of drug-likeness (QED) is 0.518. The Morgan fingerprint density at radius 2 is 1.28 bits per heavy atom. The first-order valence-electron chi connectivity index (χ1n) is 8.79. The zero-order valence-electron chi connectivity index (χ0n) is 14.7. The van der Waals surface area contributed by atoms with E-state index in [1.807, 2.05) is 0 Å². The molecule has 0 amide bonds. The Morgan fingerprint density at radius 1 is 0.720 bits per heavy atom. The van der Waals surface area contributed by atoms with Gasteiger partial charge in [0, 0.05) is 12.6 Å². The standard InChI is InChI=1S/C23H25N.ClH/c1-2-9-23(22-12-7-4-8-13-22)24-18-19-14-16-21(17-15-19)20-10-5-3-6-11-20;/h3-8,10-17,23-24H,2,9,18H2,1H3;1H. The van der Waals surface area contributed by atoms with Crippen molar-refractivity contribution in [1.29, 1.82) is 0 Å². The SMILES string of the molecule is CCCC(NCc1ccc(-c2ccccc2)cc1)c1ccccc1.Cl. The van der Waals surface area contributed by atoms with Crippen molar-refractivity contribution >= 4 is 12.4 Å². The molecule has 0 saturated carbocycles. The highest BCUT2D eigenvalue weighted by atomic mass is 35.5. The summed E-state index contributed by atoms with van der Waals surface area (Å²) >= 11 is 0. The Morgan fingerprint density at radius 3 is 1.88 bits per heavy atom. The monoisotopic (exact) mass is 351 g/mol. The number of rotatable bonds is 7. The summed E-state index contributed by atoms with van der Waals surface area (Å²) in [4.78, 5) is 0. The van der Waals surface area contributed by atoms with Gasteiger partial charge in [0.15, 0.2) is 0 Å². The predicted octanol–water partition coefficient (Wildman–Crippen LogP) is 6.41. The Balaban J connectivity index is 0.00000225. The van der Waals surface area contributed by atoms with Crippen molar-refractivity contribution in [2.75, 3.05) is 0 Å². The molecule has 1 nitrogen and oxygen atoms in total. The summed E-state index contributed by atoms with van der Waals surface area (Å²) in [5.41, 5.74) is 5.24. The van der Waals surface area contributed by atoms with Crippen LogP contribution in [0.25, 0.3) is 11.1 Å². The molecule has 3 aromatic rings. The topological polar surface area (TPSA) is 12.0 Å². The van der Waals surface area contributed by atoms with E-state index in [4.69, 9.17) is 0 Å². The number of benzene rings is 3. The highest BCUT2D eigenvalue weighted by Gasteiger charge is 2.09. The van der Waals surface area contributed by atoms with Gasteiger partial charge >= 0.3 is 0 Å². The van der Waals surface area contributed by atoms with Gasteiger partial charge in [-0.15, -0.1) is 12.4 Å². The normalized spacial score (nSPS) is 11.6. The maximum absolute atomic E-state index is 3.71. The Bertz CT molecular complexity index is 723. The molecular weight excluding hydrogens is 326 g/mol. The lowest BCUT2D eigenvalue weighted by molar-refractivity contribution is 0.493. The minimum Gasteiger partial charge on any atom is -0.306 e. The van der Waals surface area contributed by atoms with Crippen LogP contribution in [0.3, 0.4) is 0 Å². The van der Waals surface area contributed by atoms with Crippen LogP contribution in [0.15, 0.2) is 84.9 Å². The van der Waals surface area contributed by atoms with Crippen LogP contribution in [0.2, 0.25) is 0 Å². The molecule has 1 atom stereocenters. The Hall–Kier alpha value is -2.09. The second-order valence-corrected chi connectivity index (χ2v) is 6.20. The smallest absolute Gasteiger partial charge is 0.0323 e. The van der Waals surface area contributed by atoms with E-state index in [2.05, 4.69) is 97.2 Å².